The van der Waals surface area contributed by atoms with Crippen molar-refractivity contribution in [1.82, 2.24) is 0 Å². The highest BCUT2D eigenvalue weighted by Gasteiger charge is 2.48. The molecule has 2 unspecified atom stereocenters. The number of hydrogen-bond acceptors (Lipinski definition) is 3. The first-order chi connectivity index (χ1) is 17.0. The lowest BCUT2D eigenvalue weighted by Gasteiger charge is -2.44. The molecular weight excluding hydrogens is 481 g/mol. The zero-order valence-corrected chi connectivity index (χ0v) is 28.3. The molecule has 0 aromatic heterocycles. The van der Waals surface area contributed by atoms with Crippen molar-refractivity contribution in [1.29, 1.82) is 0 Å². The first-order valence-electron chi connectivity index (χ1n) is 15.9. The molecule has 0 heterocycles. The van der Waals surface area contributed by atoms with Crippen molar-refractivity contribution < 1.29 is 8.85 Å². The summed E-state index contributed by atoms with van der Waals surface area (Å²) in [5.41, 5.74) is 0. The summed E-state index contributed by atoms with van der Waals surface area (Å²) >= 11 is 2.41. The summed E-state index contributed by atoms with van der Waals surface area (Å²) in [6.45, 7) is 21.0. The van der Waals surface area contributed by atoms with Gasteiger partial charge < -0.3 is 8.85 Å². The van der Waals surface area contributed by atoms with Crippen LogP contribution in [0.3, 0.4) is 0 Å². The molecular formula is C30H66O2SSi2. The van der Waals surface area contributed by atoms with Gasteiger partial charge in [-0.1, -0.05) is 120 Å². The topological polar surface area (TPSA) is 18.5 Å². The second-order valence-corrected chi connectivity index (χ2v) is 21.4. The molecule has 0 rings (SSSR count). The van der Waals surface area contributed by atoms with Crippen LogP contribution in [0.4, 0.5) is 0 Å². The standard InChI is InChI=1S/C30H66O2SSi2/c1-9-17-19-23-31-34(25-13-5,26-14-6)29(21-11-3)33-30(22-12-4)35(27-15-7,28-16-8)32-24-20-18-10-2/h29-30H,9-28H2,1-8H3. The van der Waals surface area contributed by atoms with Crippen molar-refractivity contribution in [2.24, 2.45) is 0 Å². The van der Waals surface area contributed by atoms with Crippen LogP contribution in [-0.2, 0) is 8.85 Å². The molecule has 0 bridgehead atoms. The van der Waals surface area contributed by atoms with Gasteiger partial charge in [-0.2, -0.15) is 11.8 Å². The number of thioether (sulfide) groups is 1. The SMILES string of the molecule is CCCCCO[Si](CCC)(CCC)C(CCC)SC(CCC)[Si](CCC)(CCC)OCCCCC. The highest BCUT2D eigenvalue weighted by atomic mass is 32.2. The van der Waals surface area contributed by atoms with Crippen molar-refractivity contribution in [2.75, 3.05) is 13.2 Å². The predicted octanol–water partition coefficient (Wildman–Crippen LogP) is 11.1. The number of unbranched alkanes of at least 4 members (excludes halogenated alkanes) is 4. The molecule has 0 spiro atoms. The highest BCUT2D eigenvalue weighted by Crippen LogP contribution is 2.44. The molecule has 0 aliphatic carbocycles. The third kappa shape index (κ3) is 13.4. The molecule has 0 aromatic rings. The van der Waals surface area contributed by atoms with E-state index < -0.39 is 16.6 Å². The third-order valence-corrected chi connectivity index (χ3v) is 22.0. The summed E-state index contributed by atoms with van der Waals surface area (Å²) < 4.78 is 14.3. The summed E-state index contributed by atoms with van der Waals surface area (Å²) in [5, 5.41) is 0. The maximum Gasteiger partial charge on any atom is 0.205 e. The van der Waals surface area contributed by atoms with Crippen LogP contribution in [0.15, 0.2) is 0 Å². The first-order valence-corrected chi connectivity index (χ1v) is 21.7. The van der Waals surface area contributed by atoms with Gasteiger partial charge in [0.05, 0.1) is 0 Å². The van der Waals surface area contributed by atoms with Gasteiger partial charge in [0.15, 0.2) is 0 Å². The molecule has 212 valence electrons. The minimum Gasteiger partial charge on any atom is -0.416 e. The van der Waals surface area contributed by atoms with Gasteiger partial charge in [0.25, 0.3) is 0 Å². The van der Waals surface area contributed by atoms with Crippen LogP contribution >= 0.6 is 11.8 Å². The van der Waals surface area contributed by atoms with Gasteiger partial charge in [0.1, 0.15) is 0 Å². The molecule has 0 saturated heterocycles. The Kier molecular flexibility index (Phi) is 23.1. The molecule has 0 aliphatic heterocycles. The van der Waals surface area contributed by atoms with E-state index in [-0.39, 0.29) is 0 Å². The van der Waals surface area contributed by atoms with Crippen LogP contribution < -0.4 is 0 Å². The average molecular weight is 547 g/mol. The number of hydrogen-bond donors (Lipinski definition) is 0. The molecule has 0 saturated carbocycles. The maximum absolute atomic E-state index is 7.14. The summed E-state index contributed by atoms with van der Waals surface area (Å²) in [5.74, 6) is 0. The molecule has 0 aliphatic rings. The van der Waals surface area contributed by atoms with Gasteiger partial charge in [-0.05, 0) is 49.9 Å². The predicted molar refractivity (Wildman–Crippen MR) is 168 cm³/mol. The van der Waals surface area contributed by atoms with Crippen LogP contribution in [0.2, 0.25) is 24.2 Å². The monoisotopic (exact) mass is 546 g/mol. The quantitative estimate of drug-likeness (QED) is 0.0793. The molecule has 0 N–H and O–H groups in total. The Morgan fingerprint density at radius 2 is 0.800 bits per heavy atom. The maximum atomic E-state index is 7.14. The molecule has 2 nitrogen and oxygen atoms in total. The van der Waals surface area contributed by atoms with Gasteiger partial charge >= 0.3 is 0 Å². The average Bonchev–Trinajstić information content (AvgIpc) is 2.84. The largest absolute Gasteiger partial charge is 0.416 e. The number of rotatable bonds is 26. The van der Waals surface area contributed by atoms with Crippen LogP contribution in [-0.4, -0.2) is 39.6 Å². The lowest BCUT2D eigenvalue weighted by atomic mass is 10.3. The van der Waals surface area contributed by atoms with Gasteiger partial charge in [0, 0.05) is 23.0 Å². The van der Waals surface area contributed by atoms with Crippen LogP contribution in [0, 0.1) is 0 Å². The third-order valence-electron chi connectivity index (χ3n) is 7.57. The Bertz CT molecular complexity index is 412. The van der Waals surface area contributed by atoms with Gasteiger partial charge in [0.2, 0.25) is 16.6 Å². The fraction of sp³-hybridized carbons (Fsp3) is 1.00. The van der Waals surface area contributed by atoms with E-state index in [9.17, 15) is 0 Å². The lowest BCUT2D eigenvalue weighted by molar-refractivity contribution is 0.281. The van der Waals surface area contributed by atoms with Crippen molar-refractivity contribution in [2.45, 2.75) is 179 Å². The van der Waals surface area contributed by atoms with E-state index in [1.165, 1.54) is 114 Å². The smallest absolute Gasteiger partial charge is 0.205 e. The molecule has 0 fully saturated rings. The summed E-state index contributed by atoms with van der Waals surface area (Å²) in [4.78, 5) is 1.45. The van der Waals surface area contributed by atoms with Crippen LogP contribution in [0.1, 0.15) is 145 Å². The summed E-state index contributed by atoms with van der Waals surface area (Å²) in [6, 6.07) is 5.38. The molecule has 0 amide bonds. The zero-order chi connectivity index (χ0) is 26.4. The summed E-state index contributed by atoms with van der Waals surface area (Å²) in [6.07, 6.45) is 18.0. The Hall–Kier alpha value is 0.704. The minimum atomic E-state index is -1.83. The van der Waals surface area contributed by atoms with Crippen molar-refractivity contribution in [3.8, 4) is 0 Å². The first kappa shape index (κ1) is 35.7. The normalized spacial score (nSPS) is 14.4. The second kappa shape index (κ2) is 22.7. The van der Waals surface area contributed by atoms with Crippen molar-refractivity contribution in [3.05, 3.63) is 0 Å². The van der Waals surface area contributed by atoms with E-state index in [0.717, 1.165) is 23.0 Å². The molecule has 35 heavy (non-hydrogen) atoms. The van der Waals surface area contributed by atoms with Gasteiger partial charge in [-0.25, -0.2) is 0 Å². The van der Waals surface area contributed by atoms with E-state index >= 15 is 0 Å². The van der Waals surface area contributed by atoms with E-state index in [1.54, 1.807) is 0 Å². The Morgan fingerprint density at radius 1 is 0.457 bits per heavy atom. The van der Waals surface area contributed by atoms with Crippen LogP contribution in [0.5, 0.6) is 0 Å². The minimum absolute atomic E-state index is 0.727. The van der Waals surface area contributed by atoms with Gasteiger partial charge in [-0.3, -0.25) is 0 Å². The lowest BCUT2D eigenvalue weighted by Crippen LogP contribution is -2.54. The van der Waals surface area contributed by atoms with Crippen LogP contribution in [0.25, 0.3) is 0 Å². The van der Waals surface area contributed by atoms with E-state index in [2.05, 4.69) is 67.2 Å². The zero-order valence-electron chi connectivity index (χ0n) is 25.5. The fourth-order valence-corrected chi connectivity index (χ4v) is 21.1. The van der Waals surface area contributed by atoms with E-state index in [0.29, 0.717) is 0 Å². The Morgan fingerprint density at radius 3 is 1.06 bits per heavy atom. The molecule has 2 atom stereocenters. The molecule has 0 radical (unpaired) electrons. The second-order valence-electron chi connectivity index (χ2n) is 10.9. The Labute approximate surface area is 229 Å². The van der Waals surface area contributed by atoms with Crippen molar-refractivity contribution >= 4 is 28.4 Å². The van der Waals surface area contributed by atoms with Gasteiger partial charge in [-0.15, -0.1) is 0 Å². The highest BCUT2D eigenvalue weighted by molar-refractivity contribution is 8.03. The Balaban J connectivity index is 6.15. The van der Waals surface area contributed by atoms with Crippen molar-refractivity contribution in [3.63, 3.8) is 0 Å². The molecule has 0 aromatic carbocycles. The van der Waals surface area contributed by atoms with E-state index in [1.807, 2.05) is 0 Å². The molecule has 5 heteroatoms. The van der Waals surface area contributed by atoms with E-state index in [4.69, 9.17) is 8.85 Å². The fourth-order valence-electron chi connectivity index (χ4n) is 5.95. The summed E-state index contributed by atoms with van der Waals surface area (Å²) in [7, 11) is -3.65.